The molecule has 0 aliphatic rings. The van der Waals surface area contributed by atoms with Crippen LogP contribution in [0, 0.1) is 0 Å². The van der Waals surface area contributed by atoms with E-state index in [0.29, 0.717) is 17.4 Å². The fraction of sp³-hybridized carbons (Fsp3) is 0.273. The molecule has 1 aromatic heterocycles. The molecule has 158 valence electrons. The number of nitrogens with zero attached hydrogens (tertiary/aromatic N) is 3. The molecule has 7 nitrogen and oxygen atoms in total. The molecule has 2 aromatic carbocycles. The second-order valence-corrected chi connectivity index (χ2v) is 8.95. The first-order valence-corrected chi connectivity index (χ1v) is 10.9. The van der Waals surface area contributed by atoms with Crippen molar-refractivity contribution >= 4 is 16.0 Å². The second-order valence-electron chi connectivity index (χ2n) is 7.01. The molecular formula is C22H25N3O4S. The maximum atomic E-state index is 13.3. The third-order valence-corrected chi connectivity index (χ3v) is 6.57. The third-order valence-electron chi connectivity index (χ3n) is 4.81. The number of benzene rings is 2. The van der Waals surface area contributed by atoms with Gasteiger partial charge >= 0.3 is 0 Å². The van der Waals surface area contributed by atoms with Gasteiger partial charge in [-0.25, -0.2) is 22.7 Å². The summed E-state index contributed by atoms with van der Waals surface area (Å²) in [6.07, 6.45) is 1.54. The van der Waals surface area contributed by atoms with E-state index in [1.165, 1.54) is 32.9 Å². The molecular weight excluding hydrogens is 402 g/mol. The van der Waals surface area contributed by atoms with Gasteiger partial charge in [-0.3, -0.25) is 0 Å². The lowest BCUT2D eigenvalue weighted by atomic mass is 10.0. The zero-order valence-corrected chi connectivity index (χ0v) is 18.5. The van der Waals surface area contributed by atoms with Crippen LogP contribution in [-0.4, -0.2) is 39.7 Å². The van der Waals surface area contributed by atoms with Crippen molar-refractivity contribution in [2.45, 2.75) is 24.7 Å². The maximum Gasteiger partial charge on any atom is 0.270 e. The van der Waals surface area contributed by atoms with Crippen LogP contribution in [0.1, 0.15) is 25.3 Å². The Morgan fingerprint density at radius 3 is 2.27 bits per heavy atom. The quantitative estimate of drug-likeness (QED) is 0.564. The van der Waals surface area contributed by atoms with E-state index < -0.39 is 10.0 Å². The van der Waals surface area contributed by atoms with Crippen LogP contribution in [0.15, 0.2) is 59.6 Å². The predicted octanol–water partition coefficient (Wildman–Crippen LogP) is 4.11. The summed E-state index contributed by atoms with van der Waals surface area (Å²) in [7, 11) is 0.318. The first-order valence-electron chi connectivity index (χ1n) is 9.42. The molecule has 0 fully saturated rings. The highest BCUT2D eigenvalue weighted by Gasteiger charge is 2.28. The highest BCUT2D eigenvalue weighted by Crippen LogP contribution is 2.31. The number of aromatic nitrogens is 2. The van der Waals surface area contributed by atoms with Crippen LogP contribution in [-0.2, 0) is 10.0 Å². The lowest BCUT2D eigenvalue weighted by Gasteiger charge is -2.20. The molecule has 0 N–H and O–H groups in total. The molecule has 30 heavy (non-hydrogen) atoms. The molecule has 3 rings (SSSR count). The molecule has 0 radical (unpaired) electrons. The smallest absolute Gasteiger partial charge is 0.270 e. The third kappa shape index (κ3) is 4.23. The van der Waals surface area contributed by atoms with Crippen molar-refractivity contribution in [1.82, 2.24) is 9.97 Å². The van der Waals surface area contributed by atoms with Crippen molar-refractivity contribution in [3.63, 3.8) is 0 Å². The molecule has 3 aromatic rings. The molecule has 0 saturated carbocycles. The zero-order valence-electron chi connectivity index (χ0n) is 17.7. The van der Waals surface area contributed by atoms with Crippen molar-refractivity contribution in [3.8, 4) is 22.8 Å². The molecule has 0 aliphatic carbocycles. The first kappa shape index (κ1) is 21.6. The van der Waals surface area contributed by atoms with Gasteiger partial charge in [0.15, 0.2) is 0 Å². The van der Waals surface area contributed by atoms with Gasteiger partial charge < -0.3 is 9.47 Å². The standard InChI is InChI=1S/C22H25N3O4S/c1-15(2)16-6-8-17(9-7-16)19-12-13-23-22(24-19)25(3)30(26,27)21-14-18(28-4)10-11-20(21)29-5/h6-15H,1-5H3. The minimum Gasteiger partial charge on any atom is -0.497 e. The normalized spacial score (nSPS) is 11.4. The van der Waals surface area contributed by atoms with Gasteiger partial charge in [0.1, 0.15) is 16.4 Å². The molecule has 8 heteroatoms. The van der Waals surface area contributed by atoms with Gasteiger partial charge in [-0.15, -0.1) is 0 Å². The van der Waals surface area contributed by atoms with E-state index in [1.54, 1.807) is 24.4 Å². The second kappa shape index (κ2) is 8.71. The Morgan fingerprint density at radius 1 is 0.967 bits per heavy atom. The van der Waals surface area contributed by atoms with Gasteiger partial charge in [-0.05, 0) is 29.7 Å². The van der Waals surface area contributed by atoms with Gasteiger partial charge in [0.2, 0.25) is 5.95 Å². The Morgan fingerprint density at radius 2 is 1.67 bits per heavy atom. The monoisotopic (exact) mass is 427 g/mol. The van der Waals surface area contributed by atoms with Crippen LogP contribution in [0.3, 0.4) is 0 Å². The van der Waals surface area contributed by atoms with Crippen molar-refractivity contribution in [1.29, 1.82) is 0 Å². The average molecular weight is 428 g/mol. The zero-order chi connectivity index (χ0) is 21.9. The van der Waals surface area contributed by atoms with Crippen LogP contribution in [0.25, 0.3) is 11.3 Å². The number of ether oxygens (including phenoxy) is 2. The van der Waals surface area contributed by atoms with Gasteiger partial charge in [0.25, 0.3) is 10.0 Å². The Bertz CT molecular complexity index is 1130. The topological polar surface area (TPSA) is 81.6 Å². The number of anilines is 1. The Labute approximate surface area is 177 Å². The van der Waals surface area contributed by atoms with Crippen molar-refractivity contribution in [2.75, 3.05) is 25.6 Å². The number of methoxy groups -OCH3 is 2. The molecule has 0 bridgehead atoms. The van der Waals surface area contributed by atoms with E-state index in [9.17, 15) is 8.42 Å². The average Bonchev–Trinajstić information content (AvgIpc) is 2.78. The Balaban J connectivity index is 1.99. The fourth-order valence-electron chi connectivity index (χ4n) is 2.94. The Hall–Kier alpha value is -3.13. The highest BCUT2D eigenvalue weighted by molar-refractivity contribution is 7.92. The van der Waals surface area contributed by atoms with Crippen molar-refractivity contribution < 1.29 is 17.9 Å². The van der Waals surface area contributed by atoms with Gasteiger partial charge in [-0.2, -0.15) is 0 Å². The number of sulfonamides is 1. The summed E-state index contributed by atoms with van der Waals surface area (Å²) in [5.41, 5.74) is 2.74. The maximum absolute atomic E-state index is 13.3. The van der Waals surface area contributed by atoms with Gasteiger partial charge in [0.05, 0.1) is 19.9 Å². The number of rotatable bonds is 7. The molecule has 1 heterocycles. The molecule has 0 saturated heterocycles. The first-order chi connectivity index (χ1) is 14.3. The number of hydrogen-bond donors (Lipinski definition) is 0. The molecule has 0 atom stereocenters. The van der Waals surface area contributed by atoms with E-state index in [-0.39, 0.29) is 16.6 Å². The van der Waals surface area contributed by atoms with Gasteiger partial charge in [0, 0.05) is 24.9 Å². The molecule has 0 spiro atoms. The van der Waals surface area contributed by atoms with E-state index in [4.69, 9.17) is 9.47 Å². The molecule has 0 aliphatic heterocycles. The minimum absolute atomic E-state index is 0.0258. The van der Waals surface area contributed by atoms with Crippen LogP contribution in [0.4, 0.5) is 5.95 Å². The molecule has 0 unspecified atom stereocenters. The van der Waals surface area contributed by atoms with E-state index >= 15 is 0 Å². The summed E-state index contributed by atoms with van der Waals surface area (Å²) in [5, 5.41) is 0. The van der Waals surface area contributed by atoms with Crippen LogP contribution < -0.4 is 13.8 Å². The Kier molecular flexibility index (Phi) is 6.26. The summed E-state index contributed by atoms with van der Waals surface area (Å²) in [6.45, 7) is 4.26. The van der Waals surface area contributed by atoms with Crippen LogP contribution in [0.2, 0.25) is 0 Å². The summed E-state index contributed by atoms with van der Waals surface area (Å²) >= 11 is 0. The summed E-state index contributed by atoms with van der Waals surface area (Å²) in [6, 6.07) is 14.4. The van der Waals surface area contributed by atoms with Gasteiger partial charge in [-0.1, -0.05) is 38.1 Å². The highest BCUT2D eigenvalue weighted by atomic mass is 32.2. The largest absolute Gasteiger partial charge is 0.497 e. The van der Waals surface area contributed by atoms with Crippen LogP contribution in [0.5, 0.6) is 11.5 Å². The number of hydrogen-bond acceptors (Lipinski definition) is 6. The lowest BCUT2D eigenvalue weighted by molar-refractivity contribution is 0.392. The van der Waals surface area contributed by atoms with E-state index in [0.717, 1.165) is 9.87 Å². The minimum atomic E-state index is -3.98. The summed E-state index contributed by atoms with van der Waals surface area (Å²) in [4.78, 5) is 8.61. The molecule has 0 amide bonds. The van der Waals surface area contributed by atoms with Crippen molar-refractivity contribution in [3.05, 3.63) is 60.3 Å². The van der Waals surface area contributed by atoms with E-state index in [1.807, 2.05) is 24.3 Å². The fourth-order valence-corrected chi connectivity index (χ4v) is 4.21. The lowest BCUT2D eigenvalue weighted by Crippen LogP contribution is -2.28. The van der Waals surface area contributed by atoms with E-state index in [2.05, 4.69) is 23.8 Å². The predicted molar refractivity (Wildman–Crippen MR) is 117 cm³/mol. The summed E-state index contributed by atoms with van der Waals surface area (Å²) in [5.74, 6) is 1.10. The van der Waals surface area contributed by atoms with Crippen LogP contribution >= 0.6 is 0 Å². The summed E-state index contributed by atoms with van der Waals surface area (Å²) < 4.78 is 38.0. The van der Waals surface area contributed by atoms with Crippen molar-refractivity contribution in [2.24, 2.45) is 0 Å². The SMILES string of the molecule is COc1ccc(OC)c(S(=O)(=O)N(C)c2nccc(-c3ccc(C(C)C)cc3)n2)c1.